The van der Waals surface area contributed by atoms with Gasteiger partial charge in [-0.25, -0.2) is 0 Å². The topological polar surface area (TPSA) is 111 Å². The Labute approximate surface area is 148 Å². The molecule has 8 nitrogen and oxygen atoms in total. The fraction of sp³-hybridized carbons (Fsp3) is 0.0556. The van der Waals surface area contributed by atoms with Gasteiger partial charge >= 0.3 is 0 Å². The largest absolute Gasteiger partial charge is 0.375 e. The molecule has 0 aliphatic rings. The van der Waals surface area contributed by atoms with E-state index >= 15 is 0 Å². The van der Waals surface area contributed by atoms with Crippen LogP contribution in [0.2, 0.25) is 0 Å². The van der Waals surface area contributed by atoms with Crippen molar-refractivity contribution in [2.75, 3.05) is 5.32 Å². The summed E-state index contributed by atoms with van der Waals surface area (Å²) in [4.78, 5) is 24.7. The van der Waals surface area contributed by atoms with Crippen LogP contribution >= 0.6 is 0 Å². The monoisotopic (exact) mass is 350 g/mol. The van der Waals surface area contributed by atoms with Crippen molar-refractivity contribution < 1.29 is 9.85 Å². The third-order valence-electron chi connectivity index (χ3n) is 3.82. The molecule has 0 aliphatic heterocycles. The molecule has 8 heteroatoms. The number of nitro groups is 2. The Morgan fingerprint density at radius 3 is 2.31 bits per heavy atom. The number of nitro benzene ring substituents is 2. The van der Waals surface area contributed by atoms with Gasteiger partial charge < -0.3 is 5.32 Å². The van der Waals surface area contributed by atoms with E-state index in [4.69, 9.17) is 0 Å². The Balaban J connectivity index is 1.75. The first kappa shape index (κ1) is 17.0. The number of non-ortho nitro benzene ring substituents is 1. The summed E-state index contributed by atoms with van der Waals surface area (Å²) in [6.45, 7) is 0.353. The SMILES string of the molecule is O=[N+]([O-])c1ccc(NCc2ccc(-c3cccnc3)cc2)c([N+](=O)[O-])c1. The summed E-state index contributed by atoms with van der Waals surface area (Å²) >= 11 is 0. The van der Waals surface area contributed by atoms with Crippen LogP contribution in [0.4, 0.5) is 17.1 Å². The first-order valence-electron chi connectivity index (χ1n) is 7.70. The Hall–Kier alpha value is -3.81. The van der Waals surface area contributed by atoms with Crippen LogP contribution in [0.1, 0.15) is 5.56 Å². The molecule has 0 spiro atoms. The molecule has 130 valence electrons. The van der Waals surface area contributed by atoms with Gasteiger partial charge in [-0.2, -0.15) is 0 Å². The molecule has 0 unspecified atom stereocenters. The number of pyridine rings is 1. The molecule has 1 N–H and O–H groups in total. The fourth-order valence-corrected chi connectivity index (χ4v) is 2.48. The number of rotatable bonds is 6. The molecular weight excluding hydrogens is 336 g/mol. The Kier molecular flexibility index (Phi) is 4.84. The second kappa shape index (κ2) is 7.39. The molecule has 3 aromatic rings. The zero-order chi connectivity index (χ0) is 18.5. The fourth-order valence-electron chi connectivity index (χ4n) is 2.48. The van der Waals surface area contributed by atoms with E-state index in [1.54, 1.807) is 12.4 Å². The molecular formula is C18H14N4O4. The zero-order valence-electron chi connectivity index (χ0n) is 13.5. The van der Waals surface area contributed by atoms with Gasteiger partial charge in [-0.15, -0.1) is 0 Å². The van der Waals surface area contributed by atoms with Gasteiger partial charge in [-0.3, -0.25) is 25.2 Å². The molecule has 3 rings (SSSR count). The summed E-state index contributed by atoms with van der Waals surface area (Å²) in [7, 11) is 0. The first-order valence-corrected chi connectivity index (χ1v) is 7.70. The number of nitrogens with one attached hydrogen (secondary N) is 1. The minimum Gasteiger partial charge on any atom is -0.375 e. The molecule has 1 aromatic heterocycles. The van der Waals surface area contributed by atoms with Crippen molar-refractivity contribution in [3.63, 3.8) is 0 Å². The van der Waals surface area contributed by atoms with E-state index in [2.05, 4.69) is 10.3 Å². The summed E-state index contributed by atoms with van der Waals surface area (Å²) in [5.74, 6) is 0. The van der Waals surface area contributed by atoms with E-state index in [0.29, 0.717) is 6.54 Å². The molecule has 0 radical (unpaired) electrons. The number of nitrogens with zero attached hydrogens (tertiary/aromatic N) is 3. The van der Waals surface area contributed by atoms with Gasteiger partial charge in [0.05, 0.1) is 15.9 Å². The first-order chi connectivity index (χ1) is 12.5. The van der Waals surface area contributed by atoms with E-state index < -0.39 is 9.85 Å². The standard InChI is InChI=1S/C18H14N4O4/c23-21(24)16-7-8-17(18(10-16)22(25)26)20-11-13-3-5-14(6-4-13)15-2-1-9-19-12-15/h1-10,12,20H,11H2. The van der Waals surface area contributed by atoms with Crippen LogP contribution in [-0.2, 0) is 6.54 Å². The molecule has 26 heavy (non-hydrogen) atoms. The van der Waals surface area contributed by atoms with Crippen molar-refractivity contribution in [2.45, 2.75) is 6.54 Å². The summed E-state index contributed by atoms with van der Waals surface area (Å²) in [5, 5.41) is 24.9. The van der Waals surface area contributed by atoms with E-state index in [1.165, 1.54) is 12.1 Å². The lowest BCUT2D eigenvalue weighted by molar-refractivity contribution is -0.393. The van der Waals surface area contributed by atoms with Crippen molar-refractivity contribution in [3.05, 3.63) is 92.8 Å². The average Bonchev–Trinajstić information content (AvgIpc) is 2.67. The second-order valence-corrected chi connectivity index (χ2v) is 5.51. The maximum absolute atomic E-state index is 11.1. The molecule has 0 aliphatic carbocycles. The lowest BCUT2D eigenvalue weighted by Gasteiger charge is -2.08. The number of hydrogen-bond donors (Lipinski definition) is 1. The molecule has 0 saturated carbocycles. The van der Waals surface area contributed by atoms with Crippen LogP contribution in [0.3, 0.4) is 0 Å². The minimum absolute atomic E-state index is 0.233. The summed E-state index contributed by atoms with van der Waals surface area (Å²) in [6.07, 6.45) is 3.48. The van der Waals surface area contributed by atoms with Gasteiger partial charge in [0.1, 0.15) is 5.69 Å². The molecule has 0 amide bonds. The second-order valence-electron chi connectivity index (χ2n) is 5.51. The predicted octanol–water partition coefficient (Wildman–Crippen LogP) is 4.18. The summed E-state index contributed by atoms with van der Waals surface area (Å²) in [6, 6.07) is 15.1. The summed E-state index contributed by atoms with van der Waals surface area (Å²) < 4.78 is 0. The lowest BCUT2D eigenvalue weighted by atomic mass is 10.1. The third kappa shape index (κ3) is 3.81. The highest BCUT2D eigenvalue weighted by atomic mass is 16.6. The molecule has 1 heterocycles. The number of benzene rings is 2. The van der Waals surface area contributed by atoms with Crippen molar-refractivity contribution in [2.24, 2.45) is 0 Å². The highest BCUT2D eigenvalue weighted by Gasteiger charge is 2.19. The molecule has 2 aromatic carbocycles. The number of aromatic nitrogens is 1. The van der Waals surface area contributed by atoms with Crippen LogP contribution in [0.15, 0.2) is 67.0 Å². The maximum atomic E-state index is 11.1. The summed E-state index contributed by atoms with van der Waals surface area (Å²) in [5.41, 5.74) is 2.53. The predicted molar refractivity (Wildman–Crippen MR) is 96.8 cm³/mol. The highest BCUT2D eigenvalue weighted by molar-refractivity contribution is 5.66. The van der Waals surface area contributed by atoms with Gasteiger partial charge in [0.25, 0.3) is 11.4 Å². The van der Waals surface area contributed by atoms with E-state index in [0.717, 1.165) is 22.8 Å². The van der Waals surface area contributed by atoms with Gasteiger partial charge in [0.2, 0.25) is 0 Å². The third-order valence-corrected chi connectivity index (χ3v) is 3.82. The average molecular weight is 350 g/mol. The van der Waals surface area contributed by atoms with Crippen LogP contribution in [0.25, 0.3) is 11.1 Å². The van der Waals surface area contributed by atoms with E-state index in [-0.39, 0.29) is 17.1 Å². The van der Waals surface area contributed by atoms with Crippen molar-refractivity contribution in [3.8, 4) is 11.1 Å². The Bertz CT molecular complexity index is 943. The quantitative estimate of drug-likeness (QED) is 0.527. The highest BCUT2D eigenvalue weighted by Crippen LogP contribution is 2.29. The zero-order valence-corrected chi connectivity index (χ0v) is 13.5. The molecule has 0 bridgehead atoms. The van der Waals surface area contributed by atoms with E-state index in [9.17, 15) is 20.2 Å². The van der Waals surface area contributed by atoms with Crippen LogP contribution in [-0.4, -0.2) is 14.8 Å². The number of anilines is 1. The smallest absolute Gasteiger partial charge is 0.299 e. The molecule has 0 fully saturated rings. The van der Waals surface area contributed by atoms with Crippen molar-refractivity contribution >= 4 is 17.1 Å². The van der Waals surface area contributed by atoms with Crippen LogP contribution in [0, 0.1) is 20.2 Å². The van der Waals surface area contributed by atoms with Gasteiger partial charge in [0, 0.05) is 25.0 Å². The maximum Gasteiger partial charge on any atom is 0.299 e. The molecule has 0 atom stereocenters. The lowest BCUT2D eigenvalue weighted by Crippen LogP contribution is -2.03. The van der Waals surface area contributed by atoms with Gasteiger partial charge in [-0.1, -0.05) is 30.3 Å². The number of hydrogen-bond acceptors (Lipinski definition) is 6. The van der Waals surface area contributed by atoms with Gasteiger partial charge in [-0.05, 0) is 28.8 Å². The van der Waals surface area contributed by atoms with E-state index in [1.807, 2.05) is 36.4 Å². The normalized spacial score (nSPS) is 10.3. The molecule has 0 saturated heterocycles. The van der Waals surface area contributed by atoms with Gasteiger partial charge in [0.15, 0.2) is 0 Å². The Morgan fingerprint density at radius 1 is 0.923 bits per heavy atom. The van der Waals surface area contributed by atoms with Crippen LogP contribution in [0.5, 0.6) is 0 Å². The van der Waals surface area contributed by atoms with Crippen molar-refractivity contribution in [1.29, 1.82) is 0 Å². The van der Waals surface area contributed by atoms with Crippen molar-refractivity contribution in [1.82, 2.24) is 4.98 Å². The Morgan fingerprint density at radius 2 is 1.69 bits per heavy atom. The minimum atomic E-state index is -0.659. The van der Waals surface area contributed by atoms with Crippen LogP contribution < -0.4 is 5.32 Å².